The van der Waals surface area contributed by atoms with E-state index >= 15 is 0 Å². The van der Waals surface area contributed by atoms with Gasteiger partial charge >= 0.3 is 6.18 Å². The maximum absolute atomic E-state index is 12.2. The Morgan fingerprint density at radius 3 is 2.71 bits per heavy atom. The molecule has 6 heteroatoms. The Hall–Kier alpha value is -1.04. The lowest BCUT2D eigenvalue weighted by Gasteiger charge is -2.11. The van der Waals surface area contributed by atoms with Crippen LogP contribution in [0.5, 0.6) is 0 Å². The van der Waals surface area contributed by atoms with E-state index in [1.54, 1.807) is 6.07 Å². The van der Waals surface area contributed by atoms with Crippen molar-refractivity contribution in [3.63, 3.8) is 0 Å². The Kier molecular flexibility index (Phi) is 4.99. The van der Waals surface area contributed by atoms with Crippen molar-refractivity contribution in [1.82, 2.24) is 15.1 Å². The number of aromatic nitrogens is 2. The topological polar surface area (TPSA) is 29.9 Å². The molecule has 0 aromatic carbocycles. The molecule has 1 aromatic heterocycles. The van der Waals surface area contributed by atoms with Crippen LogP contribution in [0, 0.1) is 5.92 Å². The smallest absolute Gasteiger partial charge is 0.311 e. The van der Waals surface area contributed by atoms with Crippen LogP contribution in [0.25, 0.3) is 0 Å². The number of nitrogens with one attached hydrogen (secondary N) is 1. The predicted octanol–water partition coefficient (Wildman–Crippen LogP) is 2.58. The molecule has 0 aliphatic heterocycles. The number of alkyl halides is 3. The Morgan fingerprint density at radius 1 is 1.41 bits per heavy atom. The lowest BCUT2D eigenvalue weighted by atomic mass is 10.1. The number of hydrogen-bond donors (Lipinski definition) is 1. The van der Waals surface area contributed by atoms with E-state index in [1.807, 2.05) is 0 Å². The number of hydrogen-bond acceptors (Lipinski definition) is 2. The van der Waals surface area contributed by atoms with Crippen LogP contribution in [0.3, 0.4) is 0 Å². The molecule has 0 aliphatic rings. The highest BCUT2D eigenvalue weighted by molar-refractivity contribution is 5.00. The molecule has 1 N–H and O–H groups in total. The van der Waals surface area contributed by atoms with Gasteiger partial charge in [0.15, 0.2) is 0 Å². The molecular weight excluding hydrogens is 231 g/mol. The lowest BCUT2D eigenvalue weighted by Crippen LogP contribution is -2.23. The molecule has 0 saturated heterocycles. The standard InChI is InChI=1S/C11H18F3N3/c1-9(2)3-5-15-7-10-4-6-16-17(10)8-11(12,13)14/h4,6,9,15H,3,5,7-8H2,1-2H3. The van der Waals surface area contributed by atoms with E-state index in [1.165, 1.54) is 6.20 Å². The van der Waals surface area contributed by atoms with Crippen molar-refractivity contribution >= 4 is 0 Å². The van der Waals surface area contributed by atoms with Gasteiger partial charge in [-0.15, -0.1) is 0 Å². The molecular formula is C11H18F3N3. The second-order valence-electron chi connectivity index (χ2n) is 4.45. The molecule has 1 rings (SSSR count). The van der Waals surface area contributed by atoms with E-state index in [0.717, 1.165) is 17.6 Å². The summed E-state index contributed by atoms with van der Waals surface area (Å²) in [6.07, 6.45) is -1.82. The summed E-state index contributed by atoms with van der Waals surface area (Å²) in [6, 6.07) is 1.61. The van der Waals surface area contributed by atoms with E-state index in [2.05, 4.69) is 24.3 Å². The van der Waals surface area contributed by atoms with E-state index < -0.39 is 12.7 Å². The van der Waals surface area contributed by atoms with E-state index in [4.69, 9.17) is 0 Å². The van der Waals surface area contributed by atoms with Crippen LogP contribution in [0.1, 0.15) is 26.0 Å². The van der Waals surface area contributed by atoms with Crippen molar-refractivity contribution in [2.45, 2.75) is 39.5 Å². The Labute approximate surface area is 99.0 Å². The monoisotopic (exact) mass is 249 g/mol. The van der Waals surface area contributed by atoms with Gasteiger partial charge in [-0.3, -0.25) is 4.68 Å². The van der Waals surface area contributed by atoms with E-state index in [-0.39, 0.29) is 0 Å². The Bertz CT molecular complexity index is 331. The Balaban J connectivity index is 2.41. The molecule has 0 amide bonds. The van der Waals surface area contributed by atoms with Gasteiger partial charge < -0.3 is 5.32 Å². The fourth-order valence-corrected chi connectivity index (χ4v) is 1.43. The highest BCUT2D eigenvalue weighted by Gasteiger charge is 2.29. The van der Waals surface area contributed by atoms with Crippen molar-refractivity contribution in [3.05, 3.63) is 18.0 Å². The second-order valence-corrected chi connectivity index (χ2v) is 4.45. The van der Waals surface area contributed by atoms with Crippen LogP contribution in [-0.2, 0) is 13.1 Å². The van der Waals surface area contributed by atoms with E-state index in [9.17, 15) is 13.2 Å². The maximum Gasteiger partial charge on any atom is 0.408 e. The van der Waals surface area contributed by atoms with Gasteiger partial charge in [0.2, 0.25) is 0 Å². The summed E-state index contributed by atoms with van der Waals surface area (Å²) >= 11 is 0. The molecule has 17 heavy (non-hydrogen) atoms. The fourth-order valence-electron chi connectivity index (χ4n) is 1.43. The zero-order valence-corrected chi connectivity index (χ0v) is 10.1. The molecule has 0 bridgehead atoms. The highest BCUT2D eigenvalue weighted by Crippen LogP contribution is 2.17. The van der Waals surface area contributed by atoms with Crippen molar-refractivity contribution < 1.29 is 13.2 Å². The van der Waals surface area contributed by atoms with Gasteiger partial charge in [0.25, 0.3) is 0 Å². The van der Waals surface area contributed by atoms with Crippen molar-refractivity contribution in [3.8, 4) is 0 Å². The van der Waals surface area contributed by atoms with Crippen LogP contribution in [-0.4, -0.2) is 22.5 Å². The molecule has 0 saturated carbocycles. The third-order valence-corrected chi connectivity index (χ3v) is 2.34. The molecule has 0 atom stereocenters. The molecule has 3 nitrogen and oxygen atoms in total. The SMILES string of the molecule is CC(C)CCNCc1ccnn1CC(F)(F)F. The number of nitrogens with zero attached hydrogens (tertiary/aromatic N) is 2. The first-order chi connectivity index (χ1) is 7.88. The molecule has 1 aromatic rings. The molecule has 0 radical (unpaired) electrons. The average Bonchev–Trinajstić information content (AvgIpc) is 2.57. The van der Waals surface area contributed by atoms with Crippen LogP contribution >= 0.6 is 0 Å². The van der Waals surface area contributed by atoms with Gasteiger partial charge in [-0.25, -0.2) is 0 Å². The van der Waals surface area contributed by atoms with Crippen LogP contribution in [0.4, 0.5) is 13.2 Å². The number of rotatable bonds is 6. The Morgan fingerprint density at radius 2 is 2.12 bits per heavy atom. The van der Waals surface area contributed by atoms with Crippen LogP contribution in [0.2, 0.25) is 0 Å². The third kappa shape index (κ3) is 5.72. The largest absolute Gasteiger partial charge is 0.408 e. The summed E-state index contributed by atoms with van der Waals surface area (Å²) < 4.78 is 37.6. The van der Waals surface area contributed by atoms with Gasteiger partial charge in [0, 0.05) is 12.7 Å². The first-order valence-corrected chi connectivity index (χ1v) is 5.66. The summed E-state index contributed by atoms with van der Waals surface area (Å²) in [4.78, 5) is 0. The minimum absolute atomic E-state index is 0.419. The summed E-state index contributed by atoms with van der Waals surface area (Å²) in [7, 11) is 0. The third-order valence-electron chi connectivity index (χ3n) is 2.34. The predicted molar refractivity (Wildman–Crippen MR) is 59.4 cm³/mol. The first-order valence-electron chi connectivity index (χ1n) is 5.66. The molecule has 0 unspecified atom stereocenters. The minimum atomic E-state index is -4.22. The second kappa shape index (κ2) is 6.05. The van der Waals surface area contributed by atoms with Crippen molar-refractivity contribution in [2.75, 3.05) is 6.54 Å². The maximum atomic E-state index is 12.2. The van der Waals surface area contributed by atoms with Gasteiger partial charge in [-0.1, -0.05) is 13.8 Å². The average molecular weight is 249 g/mol. The van der Waals surface area contributed by atoms with Gasteiger partial charge in [0.05, 0.1) is 5.69 Å². The number of halogens is 3. The fraction of sp³-hybridized carbons (Fsp3) is 0.727. The first kappa shape index (κ1) is 14.0. The zero-order valence-electron chi connectivity index (χ0n) is 10.1. The van der Waals surface area contributed by atoms with E-state index in [0.29, 0.717) is 18.2 Å². The molecule has 0 spiro atoms. The molecule has 98 valence electrons. The van der Waals surface area contributed by atoms with Crippen LogP contribution in [0.15, 0.2) is 12.3 Å². The normalized spacial score (nSPS) is 12.4. The highest BCUT2D eigenvalue weighted by atomic mass is 19.4. The van der Waals surface area contributed by atoms with Gasteiger partial charge in [0.1, 0.15) is 6.54 Å². The lowest BCUT2D eigenvalue weighted by molar-refractivity contribution is -0.143. The summed E-state index contributed by atoms with van der Waals surface area (Å²) in [5.74, 6) is 0.586. The summed E-state index contributed by atoms with van der Waals surface area (Å²) in [5, 5.41) is 6.79. The van der Waals surface area contributed by atoms with Gasteiger partial charge in [-0.05, 0) is 24.9 Å². The summed E-state index contributed by atoms with van der Waals surface area (Å²) in [6.45, 7) is 4.41. The molecule has 0 aliphatic carbocycles. The minimum Gasteiger partial charge on any atom is -0.311 e. The quantitative estimate of drug-likeness (QED) is 0.785. The molecule has 0 fully saturated rings. The van der Waals surface area contributed by atoms with Crippen LogP contribution < -0.4 is 5.32 Å². The van der Waals surface area contributed by atoms with Crippen molar-refractivity contribution in [1.29, 1.82) is 0 Å². The summed E-state index contributed by atoms with van der Waals surface area (Å²) in [5.41, 5.74) is 0.561. The van der Waals surface area contributed by atoms with Crippen molar-refractivity contribution in [2.24, 2.45) is 5.92 Å². The zero-order chi connectivity index (χ0) is 12.9. The molecule has 1 heterocycles. The van der Waals surface area contributed by atoms with Gasteiger partial charge in [-0.2, -0.15) is 18.3 Å².